The van der Waals surface area contributed by atoms with E-state index in [1.54, 1.807) is 14.2 Å². The zero-order chi connectivity index (χ0) is 19.5. The summed E-state index contributed by atoms with van der Waals surface area (Å²) in [6.45, 7) is 1.78. The molecule has 0 heterocycles. The largest absolute Gasteiger partial charge is 0.497 e. The van der Waals surface area contributed by atoms with Crippen molar-refractivity contribution in [1.82, 2.24) is 10.2 Å². The number of rotatable bonds is 9. The SMILES string of the molecule is CN=C(NCCS(=O)c1ccccc1)N(C)CCOc1ccc(OC)cc1. The third-order valence-corrected chi connectivity index (χ3v) is 5.28. The highest BCUT2D eigenvalue weighted by Gasteiger charge is 2.08. The number of guanidine groups is 1. The lowest BCUT2D eigenvalue weighted by atomic mass is 10.3. The fourth-order valence-corrected chi connectivity index (χ4v) is 3.39. The van der Waals surface area contributed by atoms with Crippen molar-refractivity contribution in [3.05, 3.63) is 54.6 Å². The third-order valence-electron chi connectivity index (χ3n) is 3.90. The molecule has 1 N–H and O–H groups in total. The van der Waals surface area contributed by atoms with Gasteiger partial charge in [-0.1, -0.05) is 18.2 Å². The van der Waals surface area contributed by atoms with E-state index >= 15 is 0 Å². The molecule has 0 aliphatic heterocycles. The molecule has 0 radical (unpaired) electrons. The molecular weight excluding hydrogens is 362 g/mol. The lowest BCUT2D eigenvalue weighted by Crippen LogP contribution is -2.42. The minimum absolute atomic E-state index is 0.527. The van der Waals surface area contributed by atoms with Crippen LogP contribution in [-0.4, -0.2) is 61.7 Å². The Morgan fingerprint density at radius 3 is 2.41 bits per heavy atom. The van der Waals surface area contributed by atoms with Crippen LogP contribution in [0.5, 0.6) is 11.5 Å². The van der Waals surface area contributed by atoms with Crippen molar-refractivity contribution >= 4 is 16.8 Å². The van der Waals surface area contributed by atoms with E-state index in [0.717, 1.165) is 22.4 Å². The van der Waals surface area contributed by atoms with Gasteiger partial charge in [-0.15, -0.1) is 0 Å². The zero-order valence-corrected chi connectivity index (χ0v) is 16.9. The smallest absolute Gasteiger partial charge is 0.193 e. The van der Waals surface area contributed by atoms with Crippen LogP contribution in [0.1, 0.15) is 0 Å². The summed E-state index contributed by atoms with van der Waals surface area (Å²) >= 11 is 0. The monoisotopic (exact) mass is 389 g/mol. The van der Waals surface area contributed by atoms with Crippen LogP contribution in [0.2, 0.25) is 0 Å². The highest BCUT2D eigenvalue weighted by molar-refractivity contribution is 7.85. The van der Waals surface area contributed by atoms with Crippen molar-refractivity contribution in [3.63, 3.8) is 0 Å². The Bertz CT molecular complexity index is 736. The van der Waals surface area contributed by atoms with E-state index in [4.69, 9.17) is 9.47 Å². The molecule has 0 spiro atoms. The molecule has 0 aliphatic carbocycles. The summed E-state index contributed by atoms with van der Waals surface area (Å²) in [6, 6.07) is 17.0. The number of nitrogens with one attached hydrogen (secondary N) is 1. The standard InChI is InChI=1S/C20H27N3O3S/c1-21-20(22-13-16-27(24)19-7-5-4-6-8-19)23(2)14-15-26-18-11-9-17(25-3)10-12-18/h4-12H,13-16H2,1-3H3,(H,21,22). The van der Waals surface area contributed by atoms with Crippen LogP contribution >= 0.6 is 0 Å². The van der Waals surface area contributed by atoms with Gasteiger partial charge in [0.15, 0.2) is 5.96 Å². The summed E-state index contributed by atoms with van der Waals surface area (Å²) in [7, 11) is 4.30. The minimum atomic E-state index is -1.02. The number of aliphatic imine (C=N–C) groups is 1. The first-order chi connectivity index (χ1) is 13.1. The van der Waals surface area contributed by atoms with Crippen molar-refractivity contribution in [1.29, 1.82) is 0 Å². The van der Waals surface area contributed by atoms with E-state index in [0.29, 0.717) is 25.4 Å². The number of nitrogens with zero attached hydrogens (tertiary/aromatic N) is 2. The van der Waals surface area contributed by atoms with Crippen molar-refractivity contribution in [2.45, 2.75) is 4.90 Å². The van der Waals surface area contributed by atoms with E-state index < -0.39 is 10.8 Å². The Balaban J connectivity index is 1.71. The molecular formula is C20H27N3O3S. The number of methoxy groups -OCH3 is 1. The van der Waals surface area contributed by atoms with E-state index in [9.17, 15) is 4.21 Å². The van der Waals surface area contributed by atoms with Crippen LogP contribution in [0.3, 0.4) is 0 Å². The molecule has 1 unspecified atom stereocenters. The van der Waals surface area contributed by atoms with Crippen molar-refractivity contribution in [2.75, 3.05) is 46.7 Å². The summed E-state index contributed by atoms with van der Waals surface area (Å²) in [5.74, 6) is 2.87. The second-order valence-corrected chi connectivity index (χ2v) is 7.35. The van der Waals surface area contributed by atoms with Crippen molar-refractivity contribution in [2.24, 2.45) is 4.99 Å². The average Bonchev–Trinajstić information content (AvgIpc) is 2.72. The van der Waals surface area contributed by atoms with Gasteiger partial charge in [0.1, 0.15) is 18.1 Å². The quantitative estimate of drug-likeness (QED) is 0.527. The van der Waals surface area contributed by atoms with E-state index in [2.05, 4.69) is 10.3 Å². The first-order valence-corrected chi connectivity index (χ1v) is 10.1. The molecule has 6 nitrogen and oxygen atoms in total. The maximum Gasteiger partial charge on any atom is 0.193 e. The molecule has 146 valence electrons. The van der Waals surface area contributed by atoms with Crippen LogP contribution in [0.25, 0.3) is 0 Å². The van der Waals surface area contributed by atoms with Gasteiger partial charge in [-0.05, 0) is 36.4 Å². The van der Waals surface area contributed by atoms with Crippen molar-refractivity contribution < 1.29 is 13.7 Å². The van der Waals surface area contributed by atoms with Crippen LogP contribution in [-0.2, 0) is 10.8 Å². The van der Waals surface area contributed by atoms with Gasteiger partial charge in [-0.3, -0.25) is 9.20 Å². The highest BCUT2D eigenvalue weighted by atomic mass is 32.2. The topological polar surface area (TPSA) is 63.2 Å². The minimum Gasteiger partial charge on any atom is -0.497 e. The summed E-state index contributed by atoms with van der Waals surface area (Å²) < 4.78 is 23.1. The number of hydrogen-bond donors (Lipinski definition) is 1. The van der Waals surface area contributed by atoms with Gasteiger partial charge in [0.25, 0.3) is 0 Å². The molecule has 2 rings (SSSR count). The lowest BCUT2D eigenvalue weighted by Gasteiger charge is -2.22. The summed E-state index contributed by atoms with van der Waals surface area (Å²) in [6.07, 6.45) is 0. The van der Waals surface area contributed by atoms with Gasteiger partial charge >= 0.3 is 0 Å². The predicted octanol–water partition coefficient (Wildman–Crippen LogP) is 2.39. The van der Waals surface area contributed by atoms with Gasteiger partial charge < -0.3 is 19.7 Å². The average molecular weight is 390 g/mol. The first-order valence-electron chi connectivity index (χ1n) is 8.76. The van der Waals surface area contributed by atoms with E-state index in [-0.39, 0.29) is 0 Å². The summed E-state index contributed by atoms with van der Waals surface area (Å²) in [5, 5.41) is 3.24. The Labute approximate surface area is 163 Å². The second kappa shape index (κ2) is 11.2. The number of benzene rings is 2. The highest BCUT2D eigenvalue weighted by Crippen LogP contribution is 2.16. The lowest BCUT2D eigenvalue weighted by molar-refractivity contribution is 0.281. The fraction of sp³-hybridized carbons (Fsp3) is 0.350. The molecule has 0 aromatic heterocycles. The Hall–Kier alpha value is -2.54. The molecule has 2 aromatic rings. The molecule has 2 aromatic carbocycles. The van der Waals surface area contributed by atoms with Crippen LogP contribution in [0, 0.1) is 0 Å². The zero-order valence-electron chi connectivity index (χ0n) is 16.1. The molecule has 27 heavy (non-hydrogen) atoms. The Kier molecular flexibility index (Phi) is 8.64. The van der Waals surface area contributed by atoms with Crippen LogP contribution in [0.4, 0.5) is 0 Å². The number of ether oxygens (including phenoxy) is 2. The molecule has 0 bridgehead atoms. The van der Waals surface area contributed by atoms with Gasteiger partial charge in [-0.25, -0.2) is 0 Å². The van der Waals surface area contributed by atoms with E-state index in [1.165, 1.54) is 0 Å². The molecule has 0 amide bonds. The normalized spacial score (nSPS) is 12.3. The molecule has 0 saturated carbocycles. The molecule has 7 heteroatoms. The third kappa shape index (κ3) is 6.94. The van der Waals surface area contributed by atoms with Gasteiger partial charge in [0, 0.05) is 31.3 Å². The Morgan fingerprint density at radius 1 is 1.11 bits per heavy atom. The van der Waals surface area contributed by atoms with Crippen LogP contribution in [0.15, 0.2) is 64.5 Å². The first kappa shape index (κ1) is 20.8. The van der Waals surface area contributed by atoms with Gasteiger partial charge in [0.2, 0.25) is 0 Å². The molecule has 0 aliphatic rings. The molecule has 0 fully saturated rings. The maximum atomic E-state index is 12.2. The second-order valence-electron chi connectivity index (χ2n) is 5.78. The maximum absolute atomic E-state index is 12.2. The summed E-state index contributed by atoms with van der Waals surface area (Å²) in [5.41, 5.74) is 0. The van der Waals surface area contributed by atoms with Gasteiger partial charge in [-0.2, -0.15) is 0 Å². The molecule has 1 atom stereocenters. The molecule has 0 saturated heterocycles. The van der Waals surface area contributed by atoms with E-state index in [1.807, 2.05) is 66.5 Å². The predicted molar refractivity (Wildman–Crippen MR) is 110 cm³/mol. The number of hydrogen-bond acceptors (Lipinski definition) is 4. The number of likely N-dealkylation sites (N-methyl/N-ethyl adjacent to an activating group) is 1. The van der Waals surface area contributed by atoms with Crippen molar-refractivity contribution in [3.8, 4) is 11.5 Å². The summed E-state index contributed by atoms with van der Waals surface area (Å²) in [4.78, 5) is 7.09. The van der Waals surface area contributed by atoms with Gasteiger partial charge in [0.05, 0.1) is 24.5 Å². The Morgan fingerprint density at radius 2 is 1.78 bits per heavy atom. The fourth-order valence-electron chi connectivity index (χ4n) is 2.41. The van der Waals surface area contributed by atoms with Crippen LogP contribution < -0.4 is 14.8 Å².